The summed E-state index contributed by atoms with van der Waals surface area (Å²) >= 11 is 0. The molecule has 1 aliphatic rings. The Morgan fingerprint density at radius 1 is 1.29 bits per heavy atom. The molecule has 120 valence electrons. The van der Waals surface area contributed by atoms with Gasteiger partial charge in [0.25, 0.3) is 0 Å². The maximum absolute atomic E-state index is 13.2. The average Bonchev–Trinajstić information content (AvgIpc) is 2.91. The molecule has 1 aromatic heterocycles. The van der Waals surface area contributed by atoms with Crippen molar-refractivity contribution in [3.8, 4) is 0 Å². The first-order valence-electron chi connectivity index (χ1n) is 7.61. The van der Waals surface area contributed by atoms with Crippen LogP contribution in [0, 0.1) is 13.8 Å². The molecule has 0 spiro atoms. The molecule has 1 aliphatic heterocycles. The molecule has 1 fully saturated rings. The zero-order valence-electron chi connectivity index (χ0n) is 13.6. The van der Waals surface area contributed by atoms with Crippen LogP contribution in [0.25, 0.3) is 0 Å². The first-order chi connectivity index (χ1) is 9.84. The highest BCUT2D eigenvalue weighted by atomic mass is 32.2. The quantitative estimate of drug-likeness (QED) is 0.907. The molecule has 1 N–H and O–H groups in total. The fourth-order valence-electron chi connectivity index (χ4n) is 3.40. The molecule has 2 rings (SSSR count). The van der Waals surface area contributed by atoms with Crippen molar-refractivity contribution in [1.82, 2.24) is 9.62 Å². The number of hydrogen-bond donors (Lipinski definition) is 1. The molecule has 0 aliphatic carbocycles. The van der Waals surface area contributed by atoms with Gasteiger partial charge in [-0.15, -0.1) is 0 Å². The van der Waals surface area contributed by atoms with Crippen LogP contribution >= 0.6 is 0 Å². The van der Waals surface area contributed by atoms with E-state index in [2.05, 4.69) is 5.32 Å². The van der Waals surface area contributed by atoms with Crippen LogP contribution in [-0.2, 0) is 16.6 Å². The molecule has 0 radical (unpaired) electrons. The lowest BCUT2D eigenvalue weighted by Gasteiger charge is -2.27. The number of nitrogens with zero attached hydrogens (tertiary/aromatic N) is 1. The van der Waals surface area contributed by atoms with Crippen molar-refractivity contribution < 1.29 is 12.8 Å². The van der Waals surface area contributed by atoms with E-state index < -0.39 is 10.0 Å². The van der Waals surface area contributed by atoms with Gasteiger partial charge >= 0.3 is 0 Å². The molecular weight excluding hydrogens is 288 g/mol. The number of hydrogen-bond acceptors (Lipinski definition) is 4. The van der Waals surface area contributed by atoms with Crippen LogP contribution < -0.4 is 5.32 Å². The van der Waals surface area contributed by atoms with Crippen LogP contribution in [0.5, 0.6) is 0 Å². The zero-order chi connectivity index (χ0) is 15.8. The molecule has 1 aromatic rings. The number of rotatable bonds is 5. The lowest BCUT2D eigenvalue weighted by atomic mass is 10.2. The van der Waals surface area contributed by atoms with Gasteiger partial charge in [-0.2, -0.15) is 4.31 Å². The summed E-state index contributed by atoms with van der Waals surface area (Å²) in [5, 5.41) is 3.03. The summed E-state index contributed by atoms with van der Waals surface area (Å²) < 4.78 is 33.7. The highest BCUT2D eigenvalue weighted by molar-refractivity contribution is 7.89. The largest absolute Gasteiger partial charge is 0.465 e. The van der Waals surface area contributed by atoms with Crippen molar-refractivity contribution in [3.05, 3.63) is 17.1 Å². The second-order valence-corrected chi connectivity index (χ2v) is 7.66. The topological polar surface area (TPSA) is 62.6 Å². The third kappa shape index (κ3) is 2.76. The van der Waals surface area contributed by atoms with Gasteiger partial charge in [0.1, 0.15) is 16.4 Å². The second kappa shape index (κ2) is 6.10. The molecule has 0 saturated carbocycles. The molecule has 1 saturated heterocycles. The zero-order valence-corrected chi connectivity index (χ0v) is 14.4. The van der Waals surface area contributed by atoms with Gasteiger partial charge in [-0.3, -0.25) is 0 Å². The Morgan fingerprint density at radius 3 is 2.52 bits per heavy atom. The minimum absolute atomic E-state index is 0.0528. The van der Waals surface area contributed by atoms with Gasteiger partial charge in [-0.25, -0.2) is 8.42 Å². The molecule has 2 unspecified atom stereocenters. The summed E-state index contributed by atoms with van der Waals surface area (Å²) in [7, 11) is -1.70. The monoisotopic (exact) mass is 314 g/mol. The fraction of sp³-hybridized carbons (Fsp3) is 0.733. The van der Waals surface area contributed by atoms with E-state index in [1.54, 1.807) is 11.2 Å². The Labute approximate surface area is 127 Å². The van der Waals surface area contributed by atoms with Crippen molar-refractivity contribution in [1.29, 1.82) is 0 Å². The summed E-state index contributed by atoms with van der Waals surface area (Å²) in [5.41, 5.74) is 0.754. The molecule has 5 nitrogen and oxygen atoms in total. The molecule has 2 atom stereocenters. The molecule has 0 aromatic carbocycles. The fourth-order valence-corrected chi connectivity index (χ4v) is 5.77. The molecule has 0 amide bonds. The van der Waals surface area contributed by atoms with Gasteiger partial charge in [0.15, 0.2) is 0 Å². The van der Waals surface area contributed by atoms with E-state index in [1.165, 1.54) is 0 Å². The Hall–Kier alpha value is -0.850. The average molecular weight is 314 g/mol. The van der Waals surface area contributed by atoms with Crippen LogP contribution in [0.4, 0.5) is 0 Å². The highest BCUT2D eigenvalue weighted by Gasteiger charge is 2.42. The van der Waals surface area contributed by atoms with Crippen LogP contribution in [-0.4, -0.2) is 31.9 Å². The Kier molecular flexibility index (Phi) is 4.80. The Morgan fingerprint density at radius 2 is 1.95 bits per heavy atom. The predicted molar refractivity (Wildman–Crippen MR) is 82.7 cm³/mol. The summed E-state index contributed by atoms with van der Waals surface area (Å²) in [6.45, 7) is 8.10. The molecule has 6 heteroatoms. The summed E-state index contributed by atoms with van der Waals surface area (Å²) in [5.74, 6) is 1.17. The predicted octanol–water partition coefficient (Wildman–Crippen LogP) is 2.57. The Balaban J connectivity index is 2.54. The van der Waals surface area contributed by atoms with Gasteiger partial charge in [0, 0.05) is 24.2 Å². The van der Waals surface area contributed by atoms with Gasteiger partial charge in [-0.05, 0) is 47.1 Å². The normalized spacial score (nSPS) is 23.9. The van der Waals surface area contributed by atoms with Crippen molar-refractivity contribution in [2.24, 2.45) is 0 Å². The van der Waals surface area contributed by atoms with Crippen LogP contribution in [0.1, 0.15) is 50.2 Å². The first kappa shape index (κ1) is 16.5. The maximum Gasteiger partial charge on any atom is 0.247 e. The smallest absolute Gasteiger partial charge is 0.247 e. The summed E-state index contributed by atoms with van der Waals surface area (Å²) in [4.78, 5) is 0.363. The standard InChI is InChI=1S/C15H26N2O3S/c1-6-13-8-7-10(2)17(13)21(18,19)15-12(4)20-11(3)14(15)9-16-5/h10,13,16H,6-9H2,1-5H3. The highest BCUT2D eigenvalue weighted by Crippen LogP contribution is 2.36. The van der Waals surface area contributed by atoms with Crippen LogP contribution in [0.3, 0.4) is 0 Å². The van der Waals surface area contributed by atoms with Gasteiger partial charge in [0.2, 0.25) is 10.0 Å². The lowest BCUT2D eigenvalue weighted by molar-refractivity contribution is 0.327. The minimum Gasteiger partial charge on any atom is -0.465 e. The SMILES string of the molecule is CCC1CCC(C)N1S(=O)(=O)c1c(C)oc(C)c1CNC. The van der Waals surface area contributed by atoms with E-state index in [0.29, 0.717) is 23.0 Å². The summed E-state index contributed by atoms with van der Waals surface area (Å²) in [6.07, 6.45) is 2.71. The number of sulfonamides is 1. The molecule has 0 bridgehead atoms. The van der Waals surface area contributed by atoms with Crippen LogP contribution in [0.15, 0.2) is 9.31 Å². The second-order valence-electron chi connectivity index (χ2n) is 5.88. The van der Waals surface area contributed by atoms with E-state index in [4.69, 9.17) is 4.42 Å². The maximum atomic E-state index is 13.2. The number of nitrogens with one attached hydrogen (secondary N) is 1. The van der Waals surface area contributed by atoms with Crippen LogP contribution in [0.2, 0.25) is 0 Å². The molecule has 21 heavy (non-hydrogen) atoms. The van der Waals surface area contributed by atoms with Gasteiger partial charge in [0.05, 0.1) is 0 Å². The third-order valence-electron chi connectivity index (χ3n) is 4.40. The molecule has 2 heterocycles. The summed E-state index contributed by atoms with van der Waals surface area (Å²) in [6, 6.07) is 0.152. The van der Waals surface area contributed by atoms with E-state index in [-0.39, 0.29) is 12.1 Å². The van der Waals surface area contributed by atoms with E-state index in [1.807, 2.05) is 27.8 Å². The lowest BCUT2D eigenvalue weighted by Crippen LogP contribution is -2.40. The number of furan rings is 1. The minimum atomic E-state index is -3.51. The van der Waals surface area contributed by atoms with Crippen molar-refractivity contribution in [2.45, 2.75) is 70.5 Å². The van der Waals surface area contributed by atoms with Crippen molar-refractivity contribution in [3.63, 3.8) is 0 Å². The van der Waals surface area contributed by atoms with Crippen molar-refractivity contribution in [2.75, 3.05) is 7.05 Å². The van der Waals surface area contributed by atoms with E-state index in [9.17, 15) is 8.42 Å². The van der Waals surface area contributed by atoms with E-state index in [0.717, 1.165) is 24.8 Å². The van der Waals surface area contributed by atoms with Crippen molar-refractivity contribution >= 4 is 10.0 Å². The number of aryl methyl sites for hydroxylation is 2. The Bertz CT molecular complexity index is 607. The van der Waals surface area contributed by atoms with E-state index >= 15 is 0 Å². The van der Waals surface area contributed by atoms with Gasteiger partial charge < -0.3 is 9.73 Å². The first-order valence-corrected chi connectivity index (χ1v) is 9.05. The molecular formula is C15H26N2O3S. The van der Waals surface area contributed by atoms with Gasteiger partial charge in [-0.1, -0.05) is 6.92 Å². The third-order valence-corrected chi connectivity index (χ3v) is 6.66.